The monoisotopic (exact) mass is 433 g/mol. The number of anilines is 1. The molecule has 3 rings (SSSR count). The number of nitrogens with one attached hydrogen (secondary N) is 1. The first-order valence-electron chi connectivity index (χ1n) is 8.58. The number of carbonyl (C=O) groups is 1. The number of thiazole rings is 1. The first-order chi connectivity index (χ1) is 13.2. The molecule has 2 aromatic rings. The zero-order valence-corrected chi connectivity index (χ0v) is 16.3. The van der Waals surface area contributed by atoms with Crippen LogP contribution in [0.15, 0.2) is 34.5 Å². The number of alkyl halides is 3. The Kier molecular flexibility index (Phi) is 6.06. The molecule has 0 atom stereocenters. The van der Waals surface area contributed by atoms with E-state index in [1.54, 1.807) is 0 Å². The van der Waals surface area contributed by atoms with Crippen LogP contribution in [0.25, 0.3) is 0 Å². The van der Waals surface area contributed by atoms with Gasteiger partial charge in [0.05, 0.1) is 11.3 Å². The molecule has 0 unspecified atom stereocenters. The highest BCUT2D eigenvalue weighted by molar-refractivity contribution is 7.89. The molecule has 2 heterocycles. The van der Waals surface area contributed by atoms with E-state index in [9.17, 15) is 26.4 Å². The van der Waals surface area contributed by atoms with Gasteiger partial charge in [-0.15, -0.1) is 11.3 Å². The number of aromatic nitrogens is 1. The Bertz CT molecular complexity index is 935. The minimum Gasteiger partial charge on any atom is -0.302 e. The fourth-order valence-electron chi connectivity index (χ4n) is 2.84. The molecule has 0 saturated carbocycles. The van der Waals surface area contributed by atoms with Crippen molar-refractivity contribution >= 4 is 32.4 Å². The highest BCUT2D eigenvalue weighted by Gasteiger charge is 2.34. The maximum atomic E-state index is 12.6. The first kappa shape index (κ1) is 20.7. The van der Waals surface area contributed by atoms with Crippen LogP contribution in [0.2, 0.25) is 0 Å². The van der Waals surface area contributed by atoms with Crippen LogP contribution in [0.1, 0.15) is 30.5 Å². The van der Waals surface area contributed by atoms with Gasteiger partial charge < -0.3 is 5.32 Å². The molecule has 1 amide bonds. The zero-order chi connectivity index (χ0) is 20.4. The summed E-state index contributed by atoms with van der Waals surface area (Å²) in [5.41, 5.74) is -0.511. The van der Waals surface area contributed by atoms with Gasteiger partial charge >= 0.3 is 6.18 Å². The second-order valence-electron chi connectivity index (χ2n) is 6.37. The predicted octanol–water partition coefficient (Wildman–Crippen LogP) is 3.52. The summed E-state index contributed by atoms with van der Waals surface area (Å²) < 4.78 is 64.2. The Morgan fingerprint density at radius 1 is 1.14 bits per heavy atom. The molecule has 11 heteroatoms. The van der Waals surface area contributed by atoms with E-state index in [-0.39, 0.29) is 16.4 Å². The van der Waals surface area contributed by atoms with Crippen molar-refractivity contribution in [2.45, 2.75) is 36.8 Å². The standard InChI is InChI=1S/C17H18F3N3O3S2/c18-17(19,20)14-11-27-16(21-14)22-15(24)10-12-4-6-13(7-5-12)28(25,26)23-8-2-1-3-9-23/h4-7,11H,1-3,8-10H2,(H,21,22,24). The van der Waals surface area contributed by atoms with Crippen LogP contribution in [-0.4, -0.2) is 36.7 Å². The minimum absolute atomic E-state index is 0.106. The number of piperidine rings is 1. The third kappa shape index (κ3) is 4.89. The van der Waals surface area contributed by atoms with Crippen molar-refractivity contribution in [3.8, 4) is 0 Å². The molecule has 6 nitrogen and oxygen atoms in total. The van der Waals surface area contributed by atoms with Crippen molar-refractivity contribution in [1.29, 1.82) is 0 Å². The predicted molar refractivity (Wildman–Crippen MR) is 98.5 cm³/mol. The van der Waals surface area contributed by atoms with Gasteiger partial charge in [0.2, 0.25) is 15.9 Å². The van der Waals surface area contributed by atoms with Crippen molar-refractivity contribution in [2.24, 2.45) is 0 Å². The normalized spacial score (nSPS) is 16.1. The van der Waals surface area contributed by atoms with E-state index >= 15 is 0 Å². The van der Waals surface area contributed by atoms with Crippen molar-refractivity contribution in [2.75, 3.05) is 18.4 Å². The smallest absolute Gasteiger partial charge is 0.302 e. The Balaban J connectivity index is 1.62. The molecule has 0 aliphatic carbocycles. The average molecular weight is 433 g/mol. The Morgan fingerprint density at radius 3 is 2.36 bits per heavy atom. The van der Waals surface area contributed by atoms with Crippen LogP contribution >= 0.6 is 11.3 Å². The molecule has 1 aromatic carbocycles. The number of hydrogen-bond acceptors (Lipinski definition) is 5. The number of sulfonamides is 1. The summed E-state index contributed by atoms with van der Waals surface area (Å²) in [7, 11) is -3.55. The number of hydrogen-bond donors (Lipinski definition) is 1. The van der Waals surface area contributed by atoms with Gasteiger partial charge in [0.25, 0.3) is 0 Å². The van der Waals surface area contributed by atoms with E-state index in [0.717, 1.165) is 24.6 Å². The average Bonchev–Trinajstić information content (AvgIpc) is 3.11. The van der Waals surface area contributed by atoms with Gasteiger partial charge in [-0.25, -0.2) is 13.4 Å². The van der Waals surface area contributed by atoms with E-state index in [1.165, 1.54) is 28.6 Å². The molecule has 1 saturated heterocycles. The van der Waals surface area contributed by atoms with Crippen molar-refractivity contribution in [3.63, 3.8) is 0 Å². The number of nitrogens with zero attached hydrogens (tertiary/aromatic N) is 2. The SMILES string of the molecule is O=C(Cc1ccc(S(=O)(=O)N2CCCCC2)cc1)Nc1nc(C(F)(F)F)cs1. The maximum absolute atomic E-state index is 12.6. The molecular formula is C17H18F3N3O3S2. The number of halogens is 3. The molecule has 1 N–H and O–H groups in total. The lowest BCUT2D eigenvalue weighted by Crippen LogP contribution is -2.35. The van der Waals surface area contributed by atoms with Crippen LogP contribution in [0.3, 0.4) is 0 Å². The summed E-state index contributed by atoms with van der Waals surface area (Å²) in [5.74, 6) is -0.533. The van der Waals surface area contributed by atoms with Crippen LogP contribution in [-0.2, 0) is 27.4 Å². The summed E-state index contributed by atoms with van der Waals surface area (Å²) in [6.45, 7) is 1.00. The van der Waals surface area contributed by atoms with E-state index < -0.39 is 27.8 Å². The van der Waals surface area contributed by atoms with Gasteiger partial charge in [-0.3, -0.25) is 4.79 Å². The van der Waals surface area contributed by atoms with Gasteiger partial charge in [0.15, 0.2) is 10.8 Å². The number of amides is 1. The second kappa shape index (κ2) is 8.18. The quantitative estimate of drug-likeness (QED) is 0.783. The van der Waals surface area contributed by atoms with Crippen molar-refractivity contribution < 1.29 is 26.4 Å². The lowest BCUT2D eigenvalue weighted by atomic mass is 10.1. The molecule has 0 spiro atoms. The molecule has 1 aliphatic heterocycles. The zero-order valence-electron chi connectivity index (χ0n) is 14.7. The Morgan fingerprint density at radius 2 is 1.79 bits per heavy atom. The molecule has 0 radical (unpaired) electrons. The summed E-state index contributed by atoms with van der Waals surface area (Å²) in [6, 6.07) is 5.94. The third-order valence-corrected chi connectivity index (χ3v) is 6.95. The topological polar surface area (TPSA) is 79.4 Å². The molecule has 1 fully saturated rings. The van der Waals surface area contributed by atoms with Crippen LogP contribution in [0.5, 0.6) is 0 Å². The van der Waals surface area contributed by atoms with Gasteiger partial charge in [-0.1, -0.05) is 18.6 Å². The van der Waals surface area contributed by atoms with E-state index in [0.29, 0.717) is 30.0 Å². The van der Waals surface area contributed by atoms with Crippen LogP contribution in [0.4, 0.5) is 18.3 Å². The van der Waals surface area contributed by atoms with E-state index in [1.807, 2.05) is 0 Å². The van der Waals surface area contributed by atoms with Crippen LogP contribution < -0.4 is 5.32 Å². The summed E-state index contributed by atoms with van der Waals surface area (Å²) >= 11 is 0.689. The highest BCUT2D eigenvalue weighted by Crippen LogP contribution is 2.31. The second-order valence-corrected chi connectivity index (χ2v) is 9.17. The lowest BCUT2D eigenvalue weighted by Gasteiger charge is -2.25. The fourth-order valence-corrected chi connectivity index (χ4v) is 5.09. The number of carbonyl (C=O) groups excluding carboxylic acids is 1. The minimum atomic E-state index is -4.56. The van der Waals surface area contributed by atoms with Crippen molar-refractivity contribution in [3.05, 3.63) is 40.9 Å². The van der Waals surface area contributed by atoms with Gasteiger partial charge in [-0.2, -0.15) is 17.5 Å². The highest BCUT2D eigenvalue weighted by atomic mass is 32.2. The molecule has 28 heavy (non-hydrogen) atoms. The lowest BCUT2D eigenvalue weighted by molar-refractivity contribution is -0.140. The van der Waals surface area contributed by atoms with Gasteiger partial charge in [0.1, 0.15) is 0 Å². The summed E-state index contributed by atoms with van der Waals surface area (Å²) in [5, 5.41) is 3.01. The third-order valence-electron chi connectivity index (χ3n) is 4.28. The largest absolute Gasteiger partial charge is 0.434 e. The summed E-state index contributed by atoms with van der Waals surface area (Å²) in [4.78, 5) is 15.5. The molecule has 1 aromatic heterocycles. The van der Waals surface area contributed by atoms with Crippen LogP contribution in [0, 0.1) is 0 Å². The van der Waals surface area contributed by atoms with Crippen molar-refractivity contribution in [1.82, 2.24) is 9.29 Å². The summed E-state index contributed by atoms with van der Waals surface area (Å²) in [6.07, 6.45) is -1.97. The molecule has 0 bridgehead atoms. The fraction of sp³-hybridized carbons (Fsp3) is 0.412. The number of benzene rings is 1. The van der Waals surface area contributed by atoms with Gasteiger partial charge in [-0.05, 0) is 30.5 Å². The van der Waals surface area contributed by atoms with E-state index in [2.05, 4.69) is 10.3 Å². The Labute approximate surface area is 164 Å². The molecular weight excluding hydrogens is 415 g/mol. The molecule has 152 valence electrons. The van der Waals surface area contributed by atoms with Gasteiger partial charge in [0, 0.05) is 18.5 Å². The Hall–Kier alpha value is -1.98. The van der Waals surface area contributed by atoms with E-state index in [4.69, 9.17) is 0 Å². The number of rotatable bonds is 5. The first-order valence-corrected chi connectivity index (χ1v) is 10.9. The molecule has 1 aliphatic rings. The maximum Gasteiger partial charge on any atom is 0.434 e.